The van der Waals surface area contributed by atoms with E-state index in [0.717, 1.165) is 5.69 Å². The smallest absolute Gasteiger partial charge is 0.324 e. The van der Waals surface area contributed by atoms with Crippen LogP contribution in [0.2, 0.25) is 10.0 Å². The molecular formula is C17H13Cl2N5O. The summed E-state index contributed by atoms with van der Waals surface area (Å²) in [6.07, 6.45) is 1.35. The zero-order chi connectivity index (χ0) is 17.6. The number of hydrogen-bond acceptors (Lipinski definition) is 4. The third-order valence-electron chi connectivity index (χ3n) is 3.13. The van der Waals surface area contributed by atoms with Crippen molar-refractivity contribution in [3.8, 4) is 0 Å². The maximum atomic E-state index is 12.1. The van der Waals surface area contributed by atoms with Crippen LogP contribution in [0.25, 0.3) is 0 Å². The molecule has 3 N–H and O–H groups in total. The Labute approximate surface area is 154 Å². The molecule has 0 radical (unpaired) electrons. The van der Waals surface area contributed by atoms with Crippen molar-refractivity contribution in [3.05, 3.63) is 71.0 Å². The normalized spacial score (nSPS) is 10.2. The molecule has 6 nitrogen and oxygen atoms in total. The van der Waals surface area contributed by atoms with Crippen molar-refractivity contribution in [2.24, 2.45) is 0 Å². The van der Waals surface area contributed by atoms with Gasteiger partial charge in [-0.25, -0.2) is 14.8 Å². The zero-order valence-corrected chi connectivity index (χ0v) is 14.3. The molecule has 0 spiro atoms. The molecule has 0 saturated heterocycles. The highest BCUT2D eigenvalue weighted by Gasteiger charge is 2.07. The average molecular weight is 374 g/mol. The second-order valence-electron chi connectivity index (χ2n) is 4.98. The van der Waals surface area contributed by atoms with Gasteiger partial charge in [0.2, 0.25) is 0 Å². The zero-order valence-electron chi connectivity index (χ0n) is 12.8. The standard InChI is InChI=1S/C17H13Cl2N5O/c18-11-4-3-5-12(8-11)22-15-9-16(21-10-20-15)24-17(25)23-14-7-2-1-6-13(14)19/h1-10H,(H3,20,21,22,23,24,25). The fourth-order valence-electron chi connectivity index (χ4n) is 2.04. The van der Waals surface area contributed by atoms with Crippen molar-refractivity contribution >= 4 is 52.2 Å². The fraction of sp³-hybridized carbons (Fsp3) is 0. The van der Waals surface area contributed by atoms with E-state index in [1.54, 1.807) is 42.5 Å². The third kappa shape index (κ3) is 4.82. The first kappa shape index (κ1) is 17.0. The molecule has 0 aliphatic rings. The summed E-state index contributed by atoms with van der Waals surface area (Å²) in [5, 5.41) is 9.43. The van der Waals surface area contributed by atoms with Crippen molar-refractivity contribution < 1.29 is 4.79 Å². The summed E-state index contributed by atoms with van der Waals surface area (Å²) in [5.41, 5.74) is 1.28. The van der Waals surface area contributed by atoms with Crippen molar-refractivity contribution in [2.75, 3.05) is 16.0 Å². The van der Waals surface area contributed by atoms with Crippen LogP contribution in [0.4, 0.5) is 27.8 Å². The molecule has 3 rings (SSSR count). The molecule has 0 aliphatic carbocycles. The van der Waals surface area contributed by atoms with E-state index in [0.29, 0.717) is 27.4 Å². The van der Waals surface area contributed by atoms with Gasteiger partial charge in [-0.05, 0) is 30.3 Å². The summed E-state index contributed by atoms with van der Waals surface area (Å²) in [5.74, 6) is 0.856. The van der Waals surface area contributed by atoms with Crippen LogP contribution in [0, 0.1) is 0 Å². The minimum absolute atomic E-state index is 0.337. The largest absolute Gasteiger partial charge is 0.340 e. The Bertz CT molecular complexity index is 903. The van der Waals surface area contributed by atoms with Gasteiger partial charge in [-0.1, -0.05) is 41.4 Å². The Hall–Kier alpha value is -2.83. The molecule has 8 heteroatoms. The number of urea groups is 1. The molecule has 25 heavy (non-hydrogen) atoms. The van der Waals surface area contributed by atoms with Gasteiger partial charge < -0.3 is 10.6 Å². The number of para-hydroxylation sites is 1. The number of nitrogens with zero attached hydrogens (tertiary/aromatic N) is 2. The average Bonchev–Trinajstić information content (AvgIpc) is 2.57. The topological polar surface area (TPSA) is 78.9 Å². The minimum Gasteiger partial charge on any atom is -0.340 e. The van der Waals surface area contributed by atoms with Gasteiger partial charge in [0.25, 0.3) is 0 Å². The van der Waals surface area contributed by atoms with Gasteiger partial charge in [0, 0.05) is 16.8 Å². The number of amides is 2. The highest BCUT2D eigenvalue weighted by molar-refractivity contribution is 6.33. The molecule has 126 valence electrons. The Morgan fingerprint density at radius 2 is 1.68 bits per heavy atom. The summed E-state index contributed by atoms with van der Waals surface area (Å²) in [6.45, 7) is 0. The van der Waals surface area contributed by atoms with Crippen LogP contribution < -0.4 is 16.0 Å². The lowest BCUT2D eigenvalue weighted by molar-refractivity contribution is 0.262. The number of aromatic nitrogens is 2. The first-order valence-corrected chi connectivity index (χ1v) is 8.03. The molecule has 1 heterocycles. The Kier molecular flexibility index (Phi) is 5.33. The van der Waals surface area contributed by atoms with Crippen LogP contribution >= 0.6 is 23.2 Å². The van der Waals surface area contributed by atoms with E-state index in [-0.39, 0.29) is 0 Å². The molecular weight excluding hydrogens is 361 g/mol. The molecule has 0 aliphatic heterocycles. The predicted molar refractivity (Wildman–Crippen MR) is 101 cm³/mol. The summed E-state index contributed by atoms with van der Waals surface area (Å²) >= 11 is 12.0. The SMILES string of the molecule is O=C(Nc1cc(Nc2cccc(Cl)c2)ncn1)Nc1ccccc1Cl. The van der Waals surface area contributed by atoms with Crippen LogP contribution in [-0.2, 0) is 0 Å². The van der Waals surface area contributed by atoms with Crippen LogP contribution in [0.3, 0.4) is 0 Å². The lowest BCUT2D eigenvalue weighted by Crippen LogP contribution is -2.20. The van der Waals surface area contributed by atoms with Gasteiger partial charge in [-0.2, -0.15) is 0 Å². The first-order valence-electron chi connectivity index (χ1n) is 7.27. The van der Waals surface area contributed by atoms with Gasteiger partial charge in [-0.3, -0.25) is 5.32 Å². The van der Waals surface area contributed by atoms with Crippen molar-refractivity contribution in [3.63, 3.8) is 0 Å². The lowest BCUT2D eigenvalue weighted by Gasteiger charge is -2.10. The van der Waals surface area contributed by atoms with Crippen LogP contribution in [-0.4, -0.2) is 16.0 Å². The second-order valence-corrected chi connectivity index (χ2v) is 5.83. The molecule has 0 unspecified atom stereocenters. The number of anilines is 4. The van der Waals surface area contributed by atoms with E-state index in [2.05, 4.69) is 25.9 Å². The Balaban J connectivity index is 1.67. The number of nitrogens with one attached hydrogen (secondary N) is 3. The Morgan fingerprint density at radius 1 is 0.880 bits per heavy atom. The van der Waals surface area contributed by atoms with Gasteiger partial charge in [0.15, 0.2) is 0 Å². The molecule has 0 atom stereocenters. The summed E-state index contributed by atoms with van der Waals surface area (Å²) in [4.78, 5) is 20.2. The number of carbonyl (C=O) groups excluding carboxylic acids is 1. The molecule has 2 aromatic carbocycles. The van der Waals surface area contributed by atoms with Gasteiger partial charge in [0.05, 0.1) is 10.7 Å². The van der Waals surface area contributed by atoms with E-state index < -0.39 is 6.03 Å². The molecule has 2 amide bonds. The number of rotatable bonds is 4. The number of halogens is 2. The highest BCUT2D eigenvalue weighted by Crippen LogP contribution is 2.22. The first-order chi connectivity index (χ1) is 12.1. The maximum Gasteiger partial charge on any atom is 0.324 e. The second kappa shape index (κ2) is 7.83. The number of benzene rings is 2. The van der Waals surface area contributed by atoms with Gasteiger partial charge in [-0.15, -0.1) is 0 Å². The monoisotopic (exact) mass is 373 g/mol. The highest BCUT2D eigenvalue weighted by atomic mass is 35.5. The van der Waals surface area contributed by atoms with Crippen LogP contribution in [0.15, 0.2) is 60.9 Å². The molecule has 3 aromatic rings. The van der Waals surface area contributed by atoms with E-state index in [1.165, 1.54) is 6.33 Å². The summed E-state index contributed by atoms with van der Waals surface area (Å²) in [7, 11) is 0. The molecule has 1 aromatic heterocycles. The minimum atomic E-state index is -0.458. The van der Waals surface area contributed by atoms with E-state index in [1.807, 2.05) is 12.1 Å². The quantitative estimate of drug-likeness (QED) is 0.589. The summed E-state index contributed by atoms with van der Waals surface area (Å²) in [6, 6.07) is 15.3. The lowest BCUT2D eigenvalue weighted by atomic mass is 10.3. The van der Waals surface area contributed by atoms with Crippen molar-refractivity contribution in [2.45, 2.75) is 0 Å². The number of hydrogen-bond donors (Lipinski definition) is 3. The van der Waals surface area contributed by atoms with Crippen molar-refractivity contribution in [1.29, 1.82) is 0 Å². The van der Waals surface area contributed by atoms with E-state index >= 15 is 0 Å². The number of carbonyl (C=O) groups is 1. The van der Waals surface area contributed by atoms with E-state index in [4.69, 9.17) is 23.2 Å². The molecule has 0 saturated carbocycles. The van der Waals surface area contributed by atoms with Crippen molar-refractivity contribution in [1.82, 2.24) is 9.97 Å². The van der Waals surface area contributed by atoms with E-state index in [9.17, 15) is 4.79 Å². The van der Waals surface area contributed by atoms with Crippen LogP contribution in [0.1, 0.15) is 0 Å². The Morgan fingerprint density at radius 3 is 2.48 bits per heavy atom. The molecule has 0 fully saturated rings. The maximum absolute atomic E-state index is 12.1. The van der Waals surface area contributed by atoms with Gasteiger partial charge >= 0.3 is 6.03 Å². The fourth-order valence-corrected chi connectivity index (χ4v) is 2.41. The van der Waals surface area contributed by atoms with Crippen LogP contribution in [0.5, 0.6) is 0 Å². The summed E-state index contributed by atoms with van der Waals surface area (Å²) < 4.78 is 0. The predicted octanol–water partition coefficient (Wildman–Crippen LogP) is 5.17. The third-order valence-corrected chi connectivity index (χ3v) is 3.69. The van der Waals surface area contributed by atoms with Gasteiger partial charge in [0.1, 0.15) is 18.0 Å². The molecule has 0 bridgehead atoms.